The van der Waals surface area contributed by atoms with E-state index in [4.69, 9.17) is 0 Å². The fourth-order valence-electron chi connectivity index (χ4n) is 2.29. The standard InChI is InChI=1S/C10H21N3/c1-2-4-12-10(3-1)9-13-7-5-11-6-8-13/h10-12H,1-9H2. The van der Waals surface area contributed by atoms with E-state index in [9.17, 15) is 0 Å². The van der Waals surface area contributed by atoms with Crippen LogP contribution < -0.4 is 10.6 Å². The van der Waals surface area contributed by atoms with E-state index >= 15 is 0 Å². The van der Waals surface area contributed by atoms with Crippen molar-refractivity contribution in [2.45, 2.75) is 25.3 Å². The molecule has 2 heterocycles. The molecule has 76 valence electrons. The molecule has 2 N–H and O–H groups in total. The molecule has 2 rings (SSSR count). The molecule has 0 radical (unpaired) electrons. The van der Waals surface area contributed by atoms with E-state index in [0.29, 0.717) is 0 Å². The lowest BCUT2D eigenvalue weighted by atomic mass is 10.0. The van der Waals surface area contributed by atoms with Crippen LogP contribution in [0, 0.1) is 0 Å². The lowest BCUT2D eigenvalue weighted by molar-refractivity contribution is 0.202. The number of piperidine rings is 1. The summed E-state index contributed by atoms with van der Waals surface area (Å²) >= 11 is 0. The molecule has 3 heteroatoms. The second-order valence-electron chi connectivity index (χ2n) is 4.20. The summed E-state index contributed by atoms with van der Waals surface area (Å²) in [6, 6.07) is 0.770. The maximum Gasteiger partial charge on any atom is 0.0195 e. The molecular formula is C10H21N3. The van der Waals surface area contributed by atoms with Crippen LogP contribution >= 0.6 is 0 Å². The van der Waals surface area contributed by atoms with Crippen molar-refractivity contribution >= 4 is 0 Å². The van der Waals surface area contributed by atoms with Crippen molar-refractivity contribution in [1.29, 1.82) is 0 Å². The third-order valence-electron chi connectivity index (χ3n) is 3.10. The summed E-state index contributed by atoms with van der Waals surface area (Å²) in [5.74, 6) is 0. The monoisotopic (exact) mass is 183 g/mol. The van der Waals surface area contributed by atoms with Crippen LogP contribution in [0.3, 0.4) is 0 Å². The Bertz CT molecular complexity index is 121. The van der Waals surface area contributed by atoms with Crippen molar-refractivity contribution in [3.8, 4) is 0 Å². The maximum absolute atomic E-state index is 3.60. The maximum atomic E-state index is 3.60. The molecule has 0 spiro atoms. The number of rotatable bonds is 2. The van der Waals surface area contributed by atoms with Crippen LogP contribution in [0.5, 0.6) is 0 Å². The summed E-state index contributed by atoms with van der Waals surface area (Å²) in [6.45, 7) is 7.31. The van der Waals surface area contributed by atoms with Crippen LogP contribution in [0.1, 0.15) is 19.3 Å². The van der Waals surface area contributed by atoms with Crippen molar-refractivity contribution in [1.82, 2.24) is 15.5 Å². The smallest absolute Gasteiger partial charge is 0.0195 e. The fraction of sp³-hybridized carbons (Fsp3) is 1.00. The van der Waals surface area contributed by atoms with Gasteiger partial charge in [0.2, 0.25) is 0 Å². The Kier molecular flexibility index (Phi) is 3.58. The molecule has 2 saturated heterocycles. The number of piperazine rings is 1. The Morgan fingerprint density at radius 2 is 1.92 bits per heavy atom. The minimum Gasteiger partial charge on any atom is -0.314 e. The zero-order valence-electron chi connectivity index (χ0n) is 8.39. The zero-order chi connectivity index (χ0) is 8.93. The molecule has 0 aromatic rings. The van der Waals surface area contributed by atoms with Crippen molar-refractivity contribution < 1.29 is 0 Å². The van der Waals surface area contributed by atoms with Crippen LogP contribution in [-0.2, 0) is 0 Å². The van der Waals surface area contributed by atoms with Crippen molar-refractivity contribution in [3.05, 3.63) is 0 Å². The summed E-state index contributed by atoms with van der Waals surface area (Å²) in [7, 11) is 0. The number of hydrogen-bond donors (Lipinski definition) is 2. The molecule has 0 bridgehead atoms. The van der Waals surface area contributed by atoms with Crippen LogP contribution in [0.25, 0.3) is 0 Å². The summed E-state index contributed by atoms with van der Waals surface area (Å²) in [5.41, 5.74) is 0. The fourth-order valence-corrected chi connectivity index (χ4v) is 2.29. The first-order valence-corrected chi connectivity index (χ1v) is 5.61. The Labute approximate surface area is 80.9 Å². The largest absolute Gasteiger partial charge is 0.314 e. The van der Waals surface area contributed by atoms with Gasteiger partial charge in [-0.05, 0) is 19.4 Å². The molecule has 13 heavy (non-hydrogen) atoms. The summed E-state index contributed by atoms with van der Waals surface area (Å²) in [4.78, 5) is 2.58. The van der Waals surface area contributed by atoms with Gasteiger partial charge in [0, 0.05) is 38.8 Å². The molecule has 0 aromatic heterocycles. The van der Waals surface area contributed by atoms with Crippen LogP contribution in [0.4, 0.5) is 0 Å². The van der Waals surface area contributed by atoms with Crippen molar-refractivity contribution in [3.63, 3.8) is 0 Å². The van der Waals surface area contributed by atoms with Gasteiger partial charge in [0.15, 0.2) is 0 Å². The van der Waals surface area contributed by atoms with E-state index in [2.05, 4.69) is 15.5 Å². The normalized spacial score (nSPS) is 31.8. The highest BCUT2D eigenvalue weighted by Gasteiger charge is 2.17. The average Bonchev–Trinajstić information content (AvgIpc) is 2.21. The van der Waals surface area contributed by atoms with Gasteiger partial charge in [-0.15, -0.1) is 0 Å². The molecule has 0 saturated carbocycles. The topological polar surface area (TPSA) is 27.3 Å². The lowest BCUT2D eigenvalue weighted by Crippen LogP contribution is -2.50. The van der Waals surface area contributed by atoms with Gasteiger partial charge in [0.25, 0.3) is 0 Å². The van der Waals surface area contributed by atoms with E-state index in [1.165, 1.54) is 58.5 Å². The average molecular weight is 183 g/mol. The summed E-state index contributed by atoms with van der Waals surface area (Å²) in [5, 5.41) is 6.99. The van der Waals surface area contributed by atoms with Gasteiger partial charge in [0.1, 0.15) is 0 Å². The highest BCUT2D eigenvalue weighted by atomic mass is 15.2. The number of nitrogens with zero attached hydrogens (tertiary/aromatic N) is 1. The van der Waals surface area contributed by atoms with Gasteiger partial charge >= 0.3 is 0 Å². The molecule has 0 amide bonds. The first kappa shape index (κ1) is 9.44. The Morgan fingerprint density at radius 1 is 1.08 bits per heavy atom. The number of nitrogens with one attached hydrogen (secondary N) is 2. The van der Waals surface area contributed by atoms with E-state index in [-0.39, 0.29) is 0 Å². The van der Waals surface area contributed by atoms with Crippen LogP contribution in [-0.4, -0.2) is 50.2 Å². The minimum absolute atomic E-state index is 0.770. The molecular weight excluding hydrogens is 162 g/mol. The van der Waals surface area contributed by atoms with Gasteiger partial charge in [-0.2, -0.15) is 0 Å². The minimum atomic E-state index is 0.770. The molecule has 2 fully saturated rings. The van der Waals surface area contributed by atoms with Gasteiger partial charge in [0.05, 0.1) is 0 Å². The first-order valence-electron chi connectivity index (χ1n) is 5.61. The van der Waals surface area contributed by atoms with Gasteiger partial charge < -0.3 is 10.6 Å². The predicted octanol–water partition coefficient (Wildman–Crippen LogP) is 0.0337. The Balaban J connectivity index is 1.69. The SMILES string of the molecule is C1CCC(CN2CCNCC2)NC1. The first-order chi connectivity index (χ1) is 6.45. The predicted molar refractivity (Wildman–Crippen MR) is 55.0 cm³/mol. The third kappa shape index (κ3) is 2.93. The van der Waals surface area contributed by atoms with E-state index in [1.54, 1.807) is 0 Å². The molecule has 1 unspecified atom stereocenters. The van der Waals surface area contributed by atoms with Crippen molar-refractivity contribution in [2.24, 2.45) is 0 Å². The molecule has 3 nitrogen and oxygen atoms in total. The zero-order valence-corrected chi connectivity index (χ0v) is 8.39. The second kappa shape index (κ2) is 4.94. The van der Waals surface area contributed by atoms with E-state index in [1.807, 2.05) is 0 Å². The van der Waals surface area contributed by atoms with Crippen LogP contribution in [0.15, 0.2) is 0 Å². The quantitative estimate of drug-likeness (QED) is 0.633. The molecule has 2 aliphatic rings. The van der Waals surface area contributed by atoms with E-state index in [0.717, 1.165) is 6.04 Å². The highest BCUT2D eigenvalue weighted by Crippen LogP contribution is 2.08. The third-order valence-corrected chi connectivity index (χ3v) is 3.10. The van der Waals surface area contributed by atoms with Gasteiger partial charge in [-0.25, -0.2) is 0 Å². The van der Waals surface area contributed by atoms with Gasteiger partial charge in [-0.3, -0.25) is 4.90 Å². The van der Waals surface area contributed by atoms with Crippen molar-refractivity contribution in [2.75, 3.05) is 39.3 Å². The van der Waals surface area contributed by atoms with Gasteiger partial charge in [-0.1, -0.05) is 6.42 Å². The lowest BCUT2D eigenvalue weighted by Gasteiger charge is -2.33. The molecule has 2 aliphatic heterocycles. The number of hydrogen-bond acceptors (Lipinski definition) is 3. The second-order valence-corrected chi connectivity index (χ2v) is 4.20. The molecule has 1 atom stereocenters. The van der Waals surface area contributed by atoms with E-state index < -0.39 is 0 Å². The summed E-state index contributed by atoms with van der Waals surface area (Å²) < 4.78 is 0. The summed E-state index contributed by atoms with van der Waals surface area (Å²) in [6.07, 6.45) is 4.17. The van der Waals surface area contributed by atoms with Crippen LogP contribution in [0.2, 0.25) is 0 Å². The Hall–Kier alpha value is -0.120. The molecule has 0 aliphatic carbocycles. The highest BCUT2D eigenvalue weighted by molar-refractivity contribution is 4.78. The Morgan fingerprint density at radius 3 is 2.62 bits per heavy atom. The molecule has 0 aromatic carbocycles.